The Balaban J connectivity index is 1.41. The third-order valence-electron chi connectivity index (χ3n) is 5.26. The van der Waals surface area contributed by atoms with E-state index in [1.165, 1.54) is 0 Å². The first-order valence-electron chi connectivity index (χ1n) is 10.0. The highest BCUT2D eigenvalue weighted by Crippen LogP contribution is 2.33. The molecule has 2 heterocycles. The SMILES string of the molecule is COc1ccc(OCc2cc(C(=O)N[C@H]3CCOC(C)(C)C3)no2)c2ccccc12. The van der Waals surface area contributed by atoms with Gasteiger partial charge in [0.1, 0.15) is 18.1 Å². The van der Waals surface area contributed by atoms with Crippen LogP contribution in [-0.4, -0.2) is 36.4 Å². The van der Waals surface area contributed by atoms with E-state index in [4.69, 9.17) is 18.7 Å². The lowest BCUT2D eigenvalue weighted by Gasteiger charge is -2.35. The largest absolute Gasteiger partial charge is 0.496 e. The van der Waals surface area contributed by atoms with Crippen LogP contribution in [0.4, 0.5) is 0 Å². The maximum atomic E-state index is 12.5. The molecule has 4 rings (SSSR count). The van der Waals surface area contributed by atoms with Crippen LogP contribution in [-0.2, 0) is 11.3 Å². The summed E-state index contributed by atoms with van der Waals surface area (Å²) in [7, 11) is 1.64. The van der Waals surface area contributed by atoms with E-state index in [0.717, 1.165) is 29.4 Å². The van der Waals surface area contributed by atoms with E-state index in [-0.39, 0.29) is 29.9 Å². The molecule has 1 saturated heterocycles. The van der Waals surface area contributed by atoms with Gasteiger partial charge in [0.25, 0.3) is 5.91 Å². The molecule has 0 aliphatic carbocycles. The van der Waals surface area contributed by atoms with Crippen molar-refractivity contribution in [2.45, 2.75) is 44.9 Å². The van der Waals surface area contributed by atoms with Gasteiger partial charge in [0.15, 0.2) is 11.5 Å². The summed E-state index contributed by atoms with van der Waals surface area (Å²) in [4.78, 5) is 12.5. The molecule has 1 atom stereocenters. The number of carbonyl (C=O) groups is 1. The van der Waals surface area contributed by atoms with Crippen LogP contribution < -0.4 is 14.8 Å². The lowest BCUT2D eigenvalue weighted by molar-refractivity contribution is -0.0615. The number of rotatable bonds is 6. The topological polar surface area (TPSA) is 82.8 Å². The number of nitrogens with one attached hydrogen (secondary N) is 1. The highest BCUT2D eigenvalue weighted by Gasteiger charge is 2.30. The number of hydrogen-bond acceptors (Lipinski definition) is 6. The Kier molecular flexibility index (Phi) is 5.63. The number of fused-ring (bicyclic) bond motifs is 1. The molecular formula is C23H26N2O5. The first-order chi connectivity index (χ1) is 14.4. The van der Waals surface area contributed by atoms with Crippen LogP contribution in [0, 0.1) is 0 Å². The third kappa shape index (κ3) is 4.41. The van der Waals surface area contributed by atoms with Crippen LogP contribution in [0.5, 0.6) is 11.5 Å². The molecule has 1 aliphatic rings. The summed E-state index contributed by atoms with van der Waals surface area (Å²) in [6.45, 7) is 4.85. The number of hydrogen-bond donors (Lipinski definition) is 1. The molecule has 30 heavy (non-hydrogen) atoms. The molecule has 7 nitrogen and oxygen atoms in total. The Morgan fingerprint density at radius 2 is 1.93 bits per heavy atom. The quantitative estimate of drug-likeness (QED) is 0.659. The van der Waals surface area contributed by atoms with Gasteiger partial charge in [0, 0.05) is 29.5 Å². The minimum absolute atomic E-state index is 0.0586. The lowest BCUT2D eigenvalue weighted by atomic mass is 9.94. The fourth-order valence-corrected chi connectivity index (χ4v) is 3.80. The van der Waals surface area contributed by atoms with Crippen molar-refractivity contribution in [3.8, 4) is 11.5 Å². The Labute approximate surface area is 175 Å². The van der Waals surface area contributed by atoms with Crippen molar-refractivity contribution in [3.05, 3.63) is 53.9 Å². The van der Waals surface area contributed by atoms with E-state index in [0.29, 0.717) is 18.1 Å². The minimum atomic E-state index is -0.248. The van der Waals surface area contributed by atoms with Gasteiger partial charge in [-0.25, -0.2) is 0 Å². The Morgan fingerprint density at radius 1 is 1.20 bits per heavy atom. The molecule has 1 aromatic heterocycles. The van der Waals surface area contributed by atoms with E-state index in [2.05, 4.69) is 10.5 Å². The smallest absolute Gasteiger partial charge is 0.273 e. The van der Waals surface area contributed by atoms with Gasteiger partial charge in [0.2, 0.25) is 0 Å². The molecule has 158 valence electrons. The van der Waals surface area contributed by atoms with Crippen molar-refractivity contribution in [2.24, 2.45) is 0 Å². The second-order valence-electron chi connectivity index (χ2n) is 8.05. The molecule has 7 heteroatoms. The van der Waals surface area contributed by atoms with E-state index < -0.39 is 0 Å². The highest BCUT2D eigenvalue weighted by molar-refractivity contribution is 5.93. The van der Waals surface area contributed by atoms with Gasteiger partial charge in [0.05, 0.1) is 12.7 Å². The first-order valence-corrected chi connectivity index (χ1v) is 10.0. The zero-order valence-electron chi connectivity index (χ0n) is 17.4. The highest BCUT2D eigenvalue weighted by atomic mass is 16.5. The number of carbonyl (C=O) groups excluding carboxylic acids is 1. The van der Waals surface area contributed by atoms with Gasteiger partial charge in [-0.3, -0.25) is 4.79 Å². The second-order valence-corrected chi connectivity index (χ2v) is 8.05. The zero-order chi connectivity index (χ0) is 21.1. The average Bonchev–Trinajstić information content (AvgIpc) is 3.20. The summed E-state index contributed by atoms with van der Waals surface area (Å²) in [5.41, 5.74) is 0.0117. The van der Waals surface area contributed by atoms with Gasteiger partial charge in [-0.2, -0.15) is 0 Å². The van der Waals surface area contributed by atoms with Crippen molar-refractivity contribution in [1.82, 2.24) is 10.5 Å². The van der Waals surface area contributed by atoms with Crippen molar-refractivity contribution in [3.63, 3.8) is 0 Å². The van der Waals surface area contributed by atoms with E-state index in [1.54, 1.807) is 13.2 Å². The van der Waals surface area contributed by atoms with Crippen molar-refractivity contribution >= 4 is 16.7 Å². The van der Waals surface area contributed by atoms with Crippen LogP contribution in [0.15, 0.2) is 47.0 Å². The molecule has 0 saturated carbocycles. The van der Waals surface area contributed by atoms with Crippen LogP contribution in [0.2, 0.25) is 0 Å². The molecule has 1 amide bonds. The van der Waals surface area contributed by atoms with Crippen LogP contribution in [0.3, 0.4) is 0 Å². The van der Waals surface area contributed by atoms with E-state index >= 15 is 0 Å². The molecule has 0 bridgehead atoms. The maximum absolute atomic E-state index is 12.5. The predicted molar refractivity (Wildman–Crippen MR) is 112 cm³/mol. The molecule has 0 radical (unpaired) electrons. The molecule has 0 unspecified atom stereocenters. The summed E-state index contributed by atoms with van der Waals surface area (Å²) >= 11 is 0. The van der Waals surface area contributed by atoms with Gasteiger partial charge in [-0.1, -0.05) is 29.4 Å². The fourth-order valence-electron chi connectivity index (χ4n) is 3.80. The first kappa shape index (κ1) is 20.2. The summed E-state index contributed by atoms with van der Waals surface area (Å²) < 4.78 is 22.4. The van der Waals surface area contributed by atoms with E-state index in [9.17, 15) is 4.79 Å². The van der Waals surface area contributed by atoms with Gasteiger partial charge in [-0.05, 0) is 38.8 Å². The predicted octanol–water partition coefficient (Wildman–Crippen LogP) is 4.10. The minimum Gasteiger partial charge on any atom is -0.496 e. The molecular weight excluding hydrogens is 384 g/mol. The standard InChI is InChI=1S/C23H26N2O5/c1-23(2)13-15(10-11-29-23)24-22(26)19-12-16(30-25-19)14-28-21-9-8-20(27-3)17-6-4-5-7-18(17)21/h4-9,12,15H,10-11,13-14H2,1-3H3,(H,24,26)/t15-/m0/s1. The number of aromatic nitrogens is 1. The average molecular weight is 410 g/mol. The number of benzene rings is 2. The molecule has 2 aromatic carbocycles. The number of methoxy groups -OCH3 is 1. The molecule has 1 fully saturated rings. The summed E-state index contributed by atoms with van der Waals surface area (Å²) in [6, 6.07) is 13.3. The lowest BCUT2D eigenvalue weighted by Crippen LogP contribution is -2.45. The zero-order valence-corrected chi connectivity index (χ0v) is 17.4. The number of amides is 1. The Morgan fingerprint density at radius 3 is 2.67 bits per heavy atom. The number of nitrogens with zero attached hydrogens (tertiary/aromatic N) is 1. The van der Waals surface area contributed by atoms with Crippen LogP contribution in [0.1, 0.15) is 42.9 Å². The summed E-state index contributed by atoms with van der Waals surface area (Å²) in [5.74, 6) is 1.72. The van der Waals surface area contributed by atoms with Gasteiger partial charge in [-0.15, -0.1) is 0 Å². The summed E-state index contributed by atoms with van der Waals surface area (Å²) in [6.07, 6.45) is 1.55. The fraction of sp³-hybridized carbons (Fsp3) is 0.391. The maximum Gasteiger partial charge on any atom is 0.273 e. The van der Waals surface area contributed by atoms with Crippen LogP contribution >= 0.6 is 0 Å². The third-order valence-corrected chi connectivity index (χ3v) is 5.26. The van der Waals surface area contributed by atoms with Crippen molar-refractivity contribution < 1.29 is 23.5 Å². The normalized spacial score (nSPS) is 18.2. The van der Waals surface area contributed by atoms with Gasteiger partial charge >= 0.3 is 0 Å². The molecule has 1 aliphatic heterocycles. The monoisotopic (exact) mass is 410 g/mol. The second kappa shape index (κ2) is 8.36. The molecule has 0 spiro atoms. The van der Waals surface area contributed by atoms with Crippen molar-refractivity contribution in [2.75, 3.05) is 13.7 Å². The Hall–Kier alpha value is -3.06. The molecule has 3 aromatic rings. The van der Waals surface area contributed by atoms with Crippen LogP contribution in [0.25, 0.3) is 10.8 Å². The number of ether oxygens (including phenoxy) is 3. The summed E-state index contributed by atoms with van der Waals surface area (Å²) in [5, 5.41) is 8.83. The van der Waals surface area contributed by atoms with E-state index in [1.807, 2.05) is 50.2 Å². The molecule has 1 N–H and O–H groups in total. The van der Waals surface area contributed by atoms with Crippen molar-refractivity contribution in [1.29, 1.82) is 0 Å². The Bertz CT molecular complexity index is 1040. The van der Waals surface area contributed by atoms with Gasteiger partial charge < -0.3 is 24.1 Å².